The second-order valence-corrected chi connectivity index (χ2v) is 9.98. The lowest BCUT2D eigenvalue weighted by molar-refractivity contribution is -0.122. The van der Waals surface area contributed by atoms with Crippen LogP contribution in [0.25, 0.3) is 11.2 Å². The molecule has 3 aromatic rings. The summed E-state index contributed by atoms with van der Waals surface area (Å²) in [6, 6.07) is 1.90. The Balaban J connectivity index is 1.53. The van der Waals surface area contributed by atoms with Crippen molar-refractivity contribution in [1.29, 1.82) is 0 Å². The summed E-state index contributed by atoms with van der Waals surface area (Å²) in [6.07, 6.45) is 5.04. The average molecular weight is 520 g/mol. The van der Waals surface area contributed by atoms with Gasteiger partial charge >= 0.3 is 0 Å². The summed E-state index contributed by atoms with van der Waals surface area (Å²) in [4.78, 5) is 25.5. The van der Waals surface area contributed by atoms with Crippen molar-refractivity contribution in [3.8, 4) is 0 Å². The van der Waals surface area contributed by atoms with Crippen molar-refractivity contribution in [3.05, 3.63) is 35.0 Å². The van der Waals surface area contributed by atoms with Gasteiger partial charge in [0, 0.05) is 30.7 Å². The molecular weight excluding hydrogens is 492 g/mol. The Morgan fingerprint density at radius 2 is 1.97 bits per heavy atom. The van der Waals surface area contributed by atoms with E-state index in [4.69, 9.17) is 27.1 Å². The van der Waals surface area contributed by atoms with Gasteiger partial charge in [0.25, 0.3) is 0 Å². The first-order valence-corrected chi connectivity index (χ1v) is 12.5. The Bertz CT molecular complexity index is 1260. The van der Waals surface area contributed by atoms with Gasteiger partial charge in [0.1, 0.15) is 11.3 Å². The first-order chi connectivity index (χ1) is 17.3. The number of nitrogens with one attached hydrogen (secondary N) is 2. The lowest BCUT2D eigenvalue weighted by Gasteiger charge is -2.30. The normalized spacial score (nSPS) is 24.6. The second-order valence-electron chi connectivity index (χ2n) is 9.58. The summed E-state index contributed by atoms with van der Waals surface area (Å²) < 4.78 is 35.6. The van der Waals surface area contributed by atoms with E-state index in [0.717, 1.165) is 18.6 Å². The molecule has 2 aromatic heterocycles. The number of amides is 1. The van der Waals surface area contributed by atoms with Crippen LogP contribution in [0.15, 0.2) is 18.3 Å². The number of fused-ring (bicyclic) bond motifs is 1. The predicted octanol–water partition coefficient (Wildman–Crippen LogP) is 4.56. The van der Waals surface area contributed by atoms with Crippen molar-refractivity contribution in [2.45, 2.75) is 51.1 Å². The third-order valence-electron chi connectivity index (χ3n) is 7.10. The molecule has 0 spiro atoms. The van der Waals surface area contributed by atoms with E-state index in [-0.39, 0.29) is 34.6 Å². The van der Waals surface area contributed by atoms with Gasteiger partial charge in [-0.2, -0.15) is 4.98 Å². The van der Waals surface area contributed by atoms with Crippen LogP contribution in [0.3, 0.4) is 0 Å². The number of benzene rings is 1. The molecule has 36 heavy (non-hydrogen) atoms. The van der Waals surface area contributed by atoms with Crippen LogP contribution < -0.4 is 16.4 Å². The molecular formula is C24H28ClF2N7O2. The highest BCUT2D eigenvalue weighted by atomic mass is 35.5. The molecule has 1 aliphatic carbocycles. The van der Waals surface area contributed by atoms with Gasteiger partial charge in [-0.15, -0.1) is 0 Å². The Labute approximate surface area is 211 Å². The SMILES string of the molecule is C[C@@H]1COCC[C@H]1Nc1ncc2nc(Nc3c(F)cc(F)cc3Cl)n([C@H]3CC[C@@H](C(N)=O)CC3)c2n1. The van der Waals surface area contributed by atoms with Crippen molar-refractivity contribution in [2.24, 2.45) is 17.6 Å². The van der Waals surface area contributed by atoms with Gasteiger partial charge < -0.3 is 21.1 Å². The summed E-state index contributed by atoms with van der Waals surface area (Å²) in [5.74, 6) is -1.02. The number of rotatable bonds is 6. The number of nitrogens with two attached hydrogens (primary N) is 1. The van der Waals surface area contributed by atoms with E-state index in [0.29, 0.717) is 67.9 Å². The van der Waals surface area contributed by atoms with Crippen molar-refractivity contribution in [3.63, 3.8) is 0 Å². The molecule has 4 N–H and O–H groups in total. The molecule has 2 fully saturated rings. The van der Waals surface area contributed by atoms with E-state index in [2.05, 4.69) is 27.5 Å². The number of nitrogens with zero attached hydrogens (tertiary/aromatic N) is 4. The molecule has 0 radical (unpaired) electrons. The number of halogens is 3. The molecule has 5 rings (SSSR count). The second kappa shape index (κ2) is 10.1. The van der Waals surface area contributed by atoms with Gasteiger partial charge in [0.05, 0.1) is 23.5 Å². The lowest BCUT2D eigenvalue weighted by Crippen LogP contribution is -2.36. The molecule has 2 atom stereocenters. The molecule has 192 valence electrons. The zero-order valence-electron chi connectivity index (χ0n) is 19.8. The molecule has 1 saturated heterocycles. The minimum absolute atomic E-state index is 0.0693. The summed E-state index contributed by atoms with van der Waals surface area (Å²) in [7, 11) is 0. The zero-order valence-corrected chi connectivity index (χ0v) is 20.6. The number of carbonyl (C=O) groups excluding carboxylic acids is 1. The van der Waals surface area contributed by atoms with E-state index < -0.39 is 11.6 Å². The number of aromatic nitrogens is 4. The predicted molar refractivity (Wildman–Crippen MR) is 132 cm³/mol. The number of hydrogen-bond donors (Lipinski definition) is 3. The Morgan fingerprint density at radius 1 is 1.19 bits per heavy atom. The molecule has 9 nitrogen and oxygen atoms in total. The van der Waals surface area contributed by atoms with Crippen molar-refractivity contribution in [2.75, 3.05) is 23.8 Å². The standard InChI is InChI=1S/C24H28ClF2N7O2/c1-12-11-36-7-6-18(12)30-23-29-10-19-22(33-23)34(15-4-2-13(3-5-15)21(28)35)24(31-19)32-20-16(25)8-14(26)9-17(20)27/h8-10,12-13,15,18H,2-7,11H2,1H3,(H2,28,35)(H,31,32)(H,29,30,33)/t12-,13-,15+,18-/m1/s1. The van der Waals surface area contributed by atoms with Crippen LogP contribution in [0.2, 0.25) is 5.02 Å². The van der Waals surface area contributed by atoms with E-state index in [9.17, 15) is 13.6 Å². The molecule has 0 bridgehead atoms. The van der Waals surface area contributed by atoms with Gasteiger partial charge in [-0.1, -0.05) is 18.5 Å². The first kappa shape index (κ1) is 24.6. The topological polar surface area (TPSA) is 120 Å². The zero-order chi connectivity index (χ0) is 25.4. The van der Waals surface area contributed by atoms with Crippen LogP contribution in [0.5, 0.6) is 0 Å². The summed E-state index contributed by atoms with van der Waals surface area (Å²) in [5.41, 5.74) is 6.52. The average Bonchev–Trinajstić information content (AvgIpc) is 3.20. The van der Waals surface area contributed by atoms with E-state index >= 15 is 0 Å². The molecule has 3 heterocycles. The molecule has 1 aromatic carbocycles. The quantitative estimate of drug-likeness (QED) is 0.437. The summed E-state index contributed by atoms with van der Waals surface area (Å²) in [5, 5.41) is 6.25. The highest BCUT2D eigenvalue weighted by Crippen LogP contribution is 2.38. The molecule has 0 unspecified atom stereocenters. The fourth-order valence-corrected chi connectivity index (χ4v) is 5.29. The number of ether oxygens (including phenoxy) is 1. The summed E-state index contributed by atoms with van der Waals surface area (Å²) >= 11 is 6.14. The largest absolute Gasteiger partial charge is 0.381 e. The fourth-order valence-electron chi connectivity index (χ4n) is 5.05. The van der Waals surface area contributed by atoms with Gasteiger partial charge in [0.2, 0.25) is 17.8 Å². The van der Waals surface area contributed by atoms with E-state index in [1.165, 1.54) is 0 Å². The number of imidazole rings is 1. The van der Waals surface area contributed by atoms with Gasteiger partial charge in [-0.05, 0) is 44.1 Å². The minimum atomic E-state index is -0.835. The molecule has 1 aliphatic heterocycles. The van der Waals surface area contributed by atoms with Crippen LogP contribution >= 0.6 is 11.6 Å². The van der Waals surface area contributed by atoms with Crippen LogP contribution in [0.1, 0.15) is 45.1 Å². The monoisotopic (exact) mass is 519 g/mol. The molecule has 2 aliphatic rings. The molecule has 1 saturated carbocycles. The van der Waals surface area contributed by atoms with Gasteiger partial charge in [-0.3, -0.25) is 9.36 Å². The number of carbonyl (C=O) groups is 1. The third kappa shape index (κ3) is 4.94. The third-order valence-corrected chi connectivity index (χ3v) is 7.39. The maximum atomic E-state index is 14.6. The van der Waals surface area contributed by atoms with E-state index in [1.54, 1.807) is 6.20 Å². The highest BCUT2D eigenvalue weighted by molar-refractivity contribution is 6.33. The highest BCUT2D eigenvalue weighted by Gasteiger charge is 2.30. The first-order valence-electron chi connectivity index (χ1n) is 12.1. The Hall–Kier alpha value is -3.05. The number of anilines is 3. The molecule has 1 amide bonds. The fraction of sp³-hybridized carbons (Fsp3) is 0.500. The van der Waals surface area contributed by atoms with E-state index in [1.807, 2.05) is 4.57 Å². The van der Waals surface area contributed by atoms with Gasteiger partial charge in [-0.25, -0.2) is 18.7 Å². The van der Waals surface area contributed by atoms with Crippen LogP contribution in [0.4, 0.5) is 26.4 Å². The maximum absolute atomic E-state index is 14.6. The van der Waals surface area contributed by atoms with Crippen LogP contribution in [-0.2, 0) is 9.53 Å². The van der Waals surface area contributed by atoms with Crippen molar-refractivity contribution < 1.29 is 18.3 Å². The Kier molecular flexibility index (Phi) is 6.94. The Morgan fingerprint density at radius 3 is 2.67 bits per heavy atom. The smallest absolute Gasteiger partial charge is 0.224 e. The van der Waals surface area contributed by atoms with Gasteiger partial charge in [0.15, 0.2) is 11.5 Å². The van der Waals surface area contributed by atoms with Crippen molar-refractivity contribution >= 4 is 46.3 Å². The maximum Gasteiger partial charge on any atom is 0.224 e. The van der Waals surface area contributed by atoms with Crippen molar-refractivity contribution in [1.82, 2.24) is 19.5 Å². The number of hydrogen-bond acceptors (Lipinski definition) is 7. The summed E-state index contributed by atoms with van der Waals surface area (Å²) in [6.45, 7) is 3.45. The van der Waals surface area contributed by atoms with Crippen LogP contribution in [0, 0.1) is 23.5 Å². The van der Waals surface area contributed by atoms with Crippen LogP contribution in [-0.4, -0.2) is 44.7 Å². The molecule has 12 heteroatoms. The lowest BCUT2D eigenvalue weighted by atomic mass is 9.85. The number of primary amides is 1. The minimum Gasteiger partial charge on any atom is -0.381 e.